The third kappa shape index (κ3) is 5.78. The van der Waals surface area contributed by atoms with E-state index in [0.717, 1.165) is 6.92 Å². The predicted molar refractivity (Wildman–Crippen MR) is 102 cm³/mol. The lowest BCUT2D eigenvalue weighted by Crippen LogP contribution is -2.30. The summed E-state index contributed by atoms with van der Waals surface area (Å²) in [6, 6.07) is 12.3. The Kier molecular flexibility index (Phi) is 6.64. The second kappa shape index (κ2) is 8.72. The van der Waals surface area contributed by atoms with Crippen LogP contribution in [0.1, 0.15) is 12.5 Å². The minimum atomic E-state index is -3.86. The summed E-state index contributed by atoms with van der Waals surface area (Å²) in [6.07, 6.45) is 0.475. The van der Waals surface area contributed by atoms with Crippen LogP contribution in [0.3, 0.4) is 0 Å². The lowest BCUT2D eigenvalue weighted by molar-refractivity contribution is -0.117. The maximum Gasteiger partial charge on any atom is 0.264 e. The van der Waals surface area contributed by atoms with E-state index in [-0.39, 0.29) is 10.7 Å². The number of hydrogen-bond donors (Lipinski definition) is 3. The Hall–Kier alpha value is -2.52. The Labute approximate surface area is 156 Å². The van der Waals surface area contributed by atoms with Crippen molar-refractivity contribution >= 4 is 38.9 Å². The van der Waals surface area contributed by atoms with Gasteiger partial charge < -0.3 is 10.6 Å². The molecule has 0 heterocycles. The van der Waals surface area contributed by atoms with Gasteiger partial charge in [0.1, 0.15) is 5.82 Å². The molecule has 0 unspecified atom stereocenters. The first kappa shape index (κ1) is 19.8. The van der Waals surface area contributed by atoms with Gasteiger partial charge in [-0.1, -0.05) is 18.2 Å². The Morgan fingerprint density at radius 1 is 1.12 bits per heavy atom. The highest BCUT2D eigenvalue weighted by Gasteiger charge is 2.15. The van der Waals surface area contributed by atoms with Crippen molar-refractivity contribution in [2.24, 2.45) is 0 Å². The van der Waals surface area contributed by atoms with Crippen LogP contribution in [0.2, 0.25) is 0 Å². The van der Waals surface area contributed by atoms with Gasteiger partial charge in [-0.25, -0.2) is 17.5 Å². The molecule has 9 heteroatoms. The van der Waals surface area contributed by atoms with Crippen molar-refractivity contribution in [3.8, 4) is 0 Å². The zero-order valence-corrected chi connectivity index (χ0v) is 15.6. The van der Waals surface area contributed by atoms with Gasteiger partial charge in [0.25, 0.3) is 10.0 Å². The van der Waals surface area contributed by atoms with Crippen molar-refractivity contribution in [3.63, 3.8) is 0 Å². The SMILES string of the molecule is CC(=O)NS(=O)(=O)c1ccc(NC(=S)NCCc2ccccc2F)cc1. The molecule has 1 amide bonds. The minimum absolute atomic E-state index is 0.0309. The smallest absolute Gasteiger partial charge is 0.264 e. The molecule has 0 bridgehead atoms. The monoisotopic (exact) mass is 395 g/mol. The van der Waals surface area contributed by atoms with Gasteiger partial charge in [-0.15, -0.1) is 0 Å². The molecule has 2 aromatic carbocycles. The zero-order valence-electron chi connectivity index (χ0n) is 14.0. The summed E-state index contributed by atoms with van der Waals surface area (Å²) >= 11 is 5.16. The van der Waals surface area contributed by atoms with Crippen molar-refractivity contribution < 1.29 is 17.6 Å². The van der Waals surface area contributed by atoms with Crippen LogP contribution in [0.5, 0.6) is 0 Å². The van der Waals surface area contributed by atoms with E-state index in [2.05, 4.69) is 10.6 Å². The van der Waals surface area contributed by atoms with Crippen LogP contribution < -0.4 is 15.4 Å². The number of rotatable bonds is 6. The summed E-state index contributed by atoms with van der Waals surface area (Å²) in [5, 5.41) is 6.20. The average Bonchev–Trinajstić information content (AvgIpc) is 2.56. The number of sulfonamides is 1. The van der Waals surface area contributed by atoms with E-state index in [1.54, 1.807) is 18.2 Å². The highest BCUT2D eigenvalue weighted by molar-refractivity contribution is 7.90. The highest BCUT2D eigenvalue weighted by Crippen LogP contribution is 2.14. The number of nitrogens with one attached hydrogen (secondary N) is 3. The van der Waals surface area contributed by atoms with Gasteiger partial charge in [0.05, 0.1) is 4.90 Å². The summed E-state index contributed by atoms with van der Waals surface area (Å²) in [5.74, 6) is -0.920. The van der Waals surface area contributed by atoms with E-state index < -0.39 is 15.9 Å². The molecule has 26 heavy (non-hydrogen) atoms. The van der Waals surface area contributed by atoms with Crippen molar-refractivity contribution in [3.05, 3.63) is 59.9 Å². The quantitative estimate of drug-likeness (QED) is 0.650. The molecule has 0 atom stereocenters. The van der Waals surface area contributed by atoms with Gasteiger partial charge in [0.2, 0.25) is 5.91 Å². The molecule has 0 aliphatic carbocycles. The van der Waals surface area contributed by atoms with Crippen molar-refractivity contribution in [1.29, 1.82) is 0 Å². The zero-order chi connectivity index (χ0) is 19.2. The molecule has 138 valence electrons. The van der Waals surface area contributed by atoms with Crippen molar-refractivity contribution in [2.45, 2.75) is 18.2 Å². The third-order valence-electron chi connectivity index (χ3n) is 3.34. The molecule has 2 rings (SSSR count). The van der Waals surface area contributed by atoms with E-state index in [4.69, 9.17) is 12.2 Å². The molecular formula is C17H18FN3O3S2. The fourth-order valence-corrected chi connectivity index (χ4v) is 3.36. The van der Waals surface area contributed by atoms with E-state index in [1.807, 2.05) is 4.72 Å². The molecular weight excluding hydrogens is 377 g/mol. The molecule has 0 aliphatic rings. The summed E-state index contributed by atoms with van der Waals surface area (Å²) < 4.78 is 39.1. The third-order valence-corrected chi connectivity index (χ3v) is 5.03. The van der Waals surface area contributed by atoms with Gasteiger partial charge in [-0.05, 0) is 54.5 Å². The van der Waals surface area contributed by atoms with Gasteiger partial charge in [0, 0.05) is 19.2 Å². The lowest BCUT2D eigenvalue weighted by Gasteiger charge is -2.11. The fraction of sp³-hybridized carbons (Fsp3) is 0.176. The van der Waals surface area contributed by atoms with Crippen molar-refractivity contribution in [1.82, 2.24) is 10.0 Å². The second-order valence-corrected chi connectivity index (χ2v) is 7.50. The Morgan fingerprint density at radius 2 is 1.77 bits per heavy atom. The molecule has 0 spiro atoms. The van der Waals surface area contributed by atoms with Gasteiger partial charge in [-0.2, -0.15) is 0 Å². The topological polar surface area (TPSA) is 87.3 Å². The molecule has 6 nitrogen and oxygen atoms in total. The number of thiocarbonyl (C=S) groups is 1. The van der Waals surface area contributed by atoms with E-state index in [9.17, 15) is 17.6 Å². The maximum atomic E-state index is 13.5. The first-order valence-corrected chi connectivity index (χ1v) is 9.59. The fourth-order valence-electron chi connectivity index (χ4n) is 2.15. The van der Waals surface area contributed by atoms with Crippen molar-refractivity contribution in [2.75, 3.05) is 11.9 Å². The number of benzene rings is 2. The highest BCUT2D eigenvalue weighted by atomic mass is 32.2. The van der Waals surface area contributed by atoms with Crippen LogP contribution in [0.15, 0.2) is 53.4 Å². The van der Waals surface area contributed by atoms with E-state index in [1.165, 1.54) is 30.3 Å². The first-order chi connectivity index (χ1) is 12.3. The molecule has 3 N–H and O–H groups in total. The first-order valence-electron chi connectivity index (χ1n) is 7.69. The molecule has 0 saturated heterocycles. The van der Waals surface area contributed by atoms with Gasteiger partial charge in [-0.3, -0.25) is 4.79 Å². The summed E-state index contributed by atoms with van der Waals surface area (Å²) in [4.78, 5) is 10.9. The molecule has 0 aliphatic heterocycles. The van der Waals surface area contributed by atoms with Crippen LogP contribution in [-0.4, -0.2) is 26.0 Å². The average molecular weight is 395 g/mol. The minimum Gasteiger partial charge on any atom is -0.362 e. The van der Waals surface area contributed by atoms with Gasteiger partial charge in [0.15, 0.2) is 5.11 Å². The van der Waals surface area contributed by atoms with Crippen LogP contribution in [0.4, 0.5) is 10.1 Å². The molecule has 0 aromatic heterocycles. The Morgan fingerprint density at radius 3 is 2.38 bits per heavy atom. The molecule has 0 fully saturated rings. The largest absolute Gasteiger partial charge is 0.362 e. The standard InChI is InChI=1S/C17H18FN3O3S2/c1-12(22)21-26(23,24)15-8-6-14(7-9-15)20-17(25)19-11-10-13-4-2-3-5-16(13)18/h2-9H,10-11H2,1H3,(H,21,22)(H2,19,20,25). The molecule has 0 radical (unpaired) electrons. The number of halogens is 1. The number of anilines is 1. The number of carbonyl (C=O) groups is 1. The van der Waals surface area contributed by atoms with E-state index >= 15 is 0 Å². The van der Waals surface area contributed by atoms with Crippen LogP contribution in [0.25, 0.3) is 0 Å². The maximum absolute atomic E-state index is 13.5. The van der Waals surface area contributed by atoms with Gasteiger partial charge >= 0.3 is 0 Å². The number of amides is 1. The van der Waals surface area contributed by atoms with Crippen LogP contribution in [-0.2, 0) is 21.2 Å². The van der Waals surface area contributed by atoms with Crippen LogP contribution in [0, 0.1) is 5.82 Å². The summed E-state index contributed by atoms with van der Waals surface area (Å²) in [5.41, 5.74) is 1.17. The number of hydrogen-bond acceptors (Lipinski definition) is 4. The lowest BCUT2D eigenvalue weighted by atomic mass is 10.1. The summed E-state index contributed by atoms with van der Waals surface area (Å²) in [7, 11) is -3.86. The Bertz CT molecular complexity index is 900. The predicted octanol–water partition coefficient (Wildman–Crippen LogP) is 2.18. The Balaban J connectivity index is 1.87. The second-order valence-electron chi connectivity index (χ2n) is 5.41. The molecule has 0 saturated carbocycles. The van der Waals surface area contributed by atoms with Crippen LogP contribution >= 0.6 is 12.2 Å². The normalized spacial score (nSPS) is 10.8. The molecule has 2 aromatic rings. The summed E-state index contributed by atoms with van der Waals surface area (Å²) in [6.45, 7) is 1.57. The number of carbonyl (C=O) groups excluding carboxylic acids is 1. The van der Waals surface area contributed by atoms with E-state index in [0.29, 0.717) is 29.3 Å².